The summed E-state index contributed by atoms with van der Waals surface area (Å²) in [7, 11) is 0. The van der Waals surface area contributed by atoms with E-state index in [0.717, 1.165) is 0 Å². The fraction of sp³-hybridized carbons (Fsp3) is 0. The molecule has 0 aliphatic heterocycles. The Morgan fingerprint density at radius 3 is 0.400 bits per heavy atom. The fourth-order valence-electron chi connectivity index (χ4n) is 0. The molecule has 0 aliphatic rings. The maximum absolute atomic E-state index is 0. The van der Waals surface area contributed by atoms with Crippen LogP contribution in [0, 0.1) is 0 Å². The number of halogens is 7. The van der Waals surface area contributed by atoms with Gasteiger partial charge in [-0.1, -0.05) is 0 Å². The zero-order valence-electron chi connectivity index (χ0n) is 3.65. The van der Waals surface area contributed by atoms with Crippen LogP contribution in [0.4, 0.5) is 0 Å². The Bertz CT molecular complexity index is 11.6. The van der Waals surface area contributed by atoms with Gasteiger partial charge in [0.1, 0.15) is 0 Å². The predicted molar refractivity (Wildman–Crippen MR) is 0 cm³/mol. The molecular formula is Cl7CuFe2. The third kappa shape index (κ3) is 101. The topological polar surface area (TPSA) is 0 Å². The molecule has 0 aromatic rings. The van der Waals surface area contributed by atoms with E-state index >= 15 is 0 Å². The third-order valence-electron chi connectivity index (χ3n) is 0. The van der Waals surface area contributed by atoms with E-state index in [-0.39, 0.29) is 138 Å². The van der Waals surface area contributed by atoms with Crippen molar-refractivity contribution in [2.24, 2.45) is 0 Å². The number of rotatable bonds is 0. The Hall–Kier alpha value is 3.59. The quantitative estimate of drug-likeness (QED) is 0.340. The first-order chi connectivity index (χ1) is 0. The molecule has 0 nitrogen and oxygen atoms in total. The van der Waals surface area contributed by atoms with Gasteiger partial charge in [0.05, 0.1) is 0 Å². The van der Waals surface area contributed by atoms with E-state index in [1.165, 1.54) is 0 Å². The second-order valence-electron chi connectivity index (χ2n) is 0. The first-order valence-electron chi connectivity index (χ1n) is 0. The summed E-state index contributed by atoms with van der Waals surface area (Å²) in [5, 5.41) is 0. The van der Waals surface area contributed by atoms with Gasteiger partial charge in [-0.25, -0.2) is 0 Å². The summed E-state index contributed by atoms with van der Waals surface area (Å²) < 4.78 is 0. The molecule has 0 heterocycles. The average molecular weight is 423 g/mol. The first-order valence-corrected chi connectivity index (χ1v) is 0. The van der Waals surface area contributed by atoms with Crippen LogP contribution >= 0.6 is 0 Å². The van der Waals surface area contributed by atoms with Gasteiger partial charge in [0.15, 0.2) is 0 Å². The van der Waals surface area contributed by atoms with E-state index in [0.29, 0.717) is 0 Å². The van der Waals surface area contributed by atoms with Gasteiger partial charge in [-0.2, -0.15) is 0 Å². The molecule has 10 heteroatoms. The average Bonchev–Trinajstić information content (AvgIpc) is 0. The van der Waals surface area contributed by atoms with Crippen molar-refractivity contribution in [2.45, 2.75) is 0 Å². The summed E-state index contributed by atoms with van der Waals surface area (Å²) >= 11 is 0. The van der Waals surface area contributed by atoms with Gasteiger partial charge >= 0.3 is 51.2 Å². The third-order valence-corrected chi connectivity index (χ3v) is 0. The molecular weight excluding hydrogens is 423 g/mol. The molecule has 0 saturated carbocycles. The normalized spacial score (nSPS) is 0. The Morgan fingerprint density at radius 1 is 0.400 bits per heavy atom. The van der Waals surface area contributed by atoms with Gasteiger partial charge in [-0.15, -0.1) is 0 Å². The van der Waals surface area contributed by atoms with Crippen molar-refractivity contribution in [3.8, 4) is 0 Å². The van der Waals surface area contributed by atoms with E-state index < -0.39 is 0 Å². The predicted octanol–water partition coefficient (Wildman–Crippen LogP) is -21.0. The Morgan fingerprint density at radius 2 is 0.400 bits per heavy atom. The van der Waals surface area contributed by atoms with Crippen molar-refractivity contribution < 1.29 is 138 Å². The Kier molecular flexibility index (Phi) is 2200. The zero-order valence-corrected chi connectivity index (χ0v) is 12.1. The van der Waals surface area contributed by atoms with Gasteiger partial charge in [0.25, 0.3) is 0 Å². The molecule has 0 rings (SSSR count). The Labute approximate surface area is 136 Å². The van der Waals surface area contributed by atoms with Gasteiger partial charge in [0, 0.05) is 0 Å². The van der Waals surface area contributed by atoms with Crippen LogP contribution in [0.5, 0.6) is 0 Å². The van der Waals surface area contributed by atoms with Crippen LogP contribution in [0.15, 0.2) is 0 Å². The second-order valence-corrected chi connectivity index (χ2v) is 0. The van der Waals surface area contributed by atoms with Crippen molar-refractivity contribution in [1.29, 1.82) is 0 Å². The van der Waals surface area contributed by atoms with E-state index in [4.69, 9.17) is 0 Å². The molecule has 0 aromatic carbocycles. The maximum Gasteiger partial charge on any atom is 3.00 e. The molecule has 0 spiro atoms. The molecule has 0 fully saturated rings. The molecule has 10 heavy (non-hydrogen) atoms. The van der Waals surface area contributed by atoms with Crippen LogP contribution in [0.2, 0.25) is 0 Å². The smallest absolute Gasteiger partial charge is 1.00 e. The van der Waals surface area contributed by atoms with Gasteiger partial charge in [-0.05, 0) is 0 Å². The largest absolute Gasteiger partial charge is 3.00 e. The summed E-state index contributed by atoms with van der Waals surface area (Å²) in [6.07, 6.45) is 0. The van der Waals surface area contributed by atoms with E-state index in [1.807, 2.05) is 0 Å². The maximum atomic E-state index is 0. The van der Waals surface area contributed by atoms with Crippen LogP contribution in [0.1, 0.15) is 0 Å². The van der Waals surface area contributed by atoms with Gasteiger partial charge < -0.3 is 86.8 Å². The van der Waals surface area contributed by atoms with Crippen LogP contribution in [-0.4, -0.2) is 0 Å². The molecule has 0 atom stereocenters. The monoisotopic (exact) mass is 420 g/mol. The van der Waals surface area contributed by atoms with Crippen LogP contribution < -0.4 is 86.8 Å². The second kappa shape index (κ2) is 131. The molecule has 2 radical (unpaired) electrons. The SMILES string of the molecule is [Cl-].[Cl-].[Cl-].[Cl-].[Cl-].[Cl-].[Cl-].[Cu+2].[Fe+2].[Fe+3]. The van der Waals surface area contributed by atoms with Crippen molar-refractivity contribution in [2.75, 3.05) is 0 Å². The molecule has 0 amide bonds. The van der Waals surface area contributed by atoms with Gasteiger partial charge in [0.2, 0.25) is 0 Å². The van der Waals surface area contributed by atoms with E-state index in [9.17, 15) is 0 Å². The molecule has 76 valence electrons. The van der Waals surface area contributed by atoms with E-state index in [1.54, 1.807) is 0 Å². The minimum absolute atomic E-state index is 0. The van der Waals surface area contributed by atoms with Crippen molar-refractivity contribution >= 4 is 0 Å². The molecule has 0 bridgehead atoms. The summed E-state index contributed by atoms with van der Waals surface area (Å²) in [5.74, 6) is 0. The number of hydrogen-bond donors (Lipinski definition) is 0. The van der Waals surface area contributed by atoms with Crippen LogP contribution in [-0.2, 0) is 51.2 Å². The molecule has 0 aromatic heterocycles. The molecule has 0 aliphatic carbocycles. The van der Waals surface area contributed by atoms with Crippen LogP contribution in [0.3, 0.4) is 0 Å². The summed E-state index contributed by atoms with van der Waals surface area (Å²) in [6.45, 7) is 0. The fourth-order valence-corrected chi connectivity index (χ4v) is 0. The molecule has 0 unspecified atom stereocenters. The summed E-state index contributed by atoms with van der Waals surface area (Å²) in [6, 6.07) is 0. The van der Waals surface area contributed by atoms with E-state index in [2.05, 4.69) is 0 Å². The summed E-state index contributed by atoms with van der Waals surface area (Å²) in [4.78, 5) is 0. The Balaban J connectivity index is 0. The van der Waals surface area contributed by atoms with Crippen molar-refractivity contribution in [3.63, 3.8) is 0 Å². The first kappa shape index (κ1) is 167. The molecule has 0 saturated heterocycles. The minimum Gasteiger partial charge on any atom is -1.00 e. The van der Waals surface area contributed by atoms with Crippen LogP contribution in [0.25, 0.3) is 0 Å². The van der Waals surface area contributed by atoms with Crippen molar-refractivity contribution in [3.05, 3.63) is 0 Å². The van der Waals surface area contributed by atoms with Crippen molar-refractivity contribution in [1.82, 2.24) is 0 Å². The molecule has 0 N–H and O–H groups in total. The minimum atomic E-state index is 0. The zero-order chi connectivity index (χ0) is 0. The number of hydrogen-bond acceptors (Lipinski definition) is 0. The van der Waals surface area contributed by atoms with Gasteiger partial charge in [-0.3, -0.25) is 0 Å². The standard InChI is InChI=1S/7ClH.Cu.2Fe/h7*1H;;;/q;;;;;;;2*+2;+3/p-7. The summed E-state index contributed by atoms with van der Waals surface area (Å²) in [5.41, 5.74) is 0.